The lowest BCUT2D eigenvalue weighted by Crippen LogP contribution is -2.37. The van der Waals surface area contributed by atoms with Gasteiger partial charge in [0.25, 0.3) is 0 Å². The van der Waals surface area contributed by atoms with Crippen LogP contribution in [0, 0.1) is 29.5 Å². The molecule has 6 nitrogen and oxygen atoms in total. The van der Waals surface area contributed by atoms with E-state index >= 15 is 0 Å². The summed E-state index contributed by atoms with van der Waals surface area (Å²) in [4.78, 5) is 12.9. The molecule has 2 aromatic carbocycles. The van der Waals surface area contributed by atoms with Crippen molar-refractivity contribution in [2.75, 3.05) is 34.0 Å². The van der Waals surface area contributed by atoms with Gasteiger partial charge in [-0.05, 0) is 79.2 Å². The van der Waals surface area contributed by atoms with Gasteiger partial charge in [-0.2, -0.15) is 0 Å². The number of methoxy groups -OCH3 is 2. The lowest BCUT2D eigenvalue weighted by Gasteiger charge is -2.26. The number of carbonyl (C=O) groups is 1. The Kier molecular flexibility index (Phi) is 15.0. The van der Waals surface area contributed by atoms with E-state index in [-0.39, 0.29) is 23.6 Å². The second-order valence-corrected chi connectivity index (χ2v) is 11.3. The van der Waals surface area contributed by atoms with Crippen LogP contribution in [0.1, 0.15) is 64.5 Å². The van der Waals surface area contributed by atoms with Crippen molar-refractivity contribution >= 4 is 5.91 Å². The molecule has 40 heavy (non-hydrogen) atoms. The van der Waals surface area contributed by atoms with Crippen LogP contribution in [-0.2, 0) is 22.4 Å². The number of halogens is 1. The number of benzene rings is 2. The van der Waals surface area contributed by atoms with Gasteiger partial charge in [0, 0.05) is 32.6 Å². The van der Waals surface area contributed by atoms with Gasteiger partial charge in [0.2, 0.25) is 5.91 Å². The number of nitrogens with one attached hydrogen (secondary N) is 1. The molecule has 2 N–H and O–H groups in total. The maximum absolute atomic E-state index is 13.9. The molecule has 2 unspecified atom stereocenters. The van der Waals surface area contributed by atoms with Crippen LogP contribution in [0.3, 0.4) is 0 Å². The van der Waals surface area contributed by atoms with Crippen LogP contribution in [0.4, 0.5) is 4.39 Å². The standard InChI is InChI=1S/C33H50FNO5/c1-23(2)27(20-25-12-15-31(39-6)32(21-25)40-19-9-18-38-5)13-14-28(36)22-29(24(3)4)33(37)35-17-16-26-10-7-8-11-30(26)34/h7-8,10-12,15,21,23-24,27-29,36H,9,13-14,16-20,22H2,1-6H3,(H,35,37)/t27?,28-,29?/m1/s1. The Morgan fingerprint density at radius 3 is 2.38 bits per heavy atom. The molecule has 7 heteroatoms. The van der Waals surface area contributed by atoms with Gasteiger partial charge < -0.3 is 24.6 Å². The van der Waals surface area contributed by atoms with Gasteiger partial charge in [0.1, 0.15) is 5.82 Å². The first-order valence-corrected chi connectivity index (χ1v) is 14.6. The van der Waals surface area contributed by atoms with Crippen molar-refractivity contribution in [1.29, 1.82) is 0 Å². The van der Waals surface area contributed by atoms with Gasteiger partial charge in [-0.3, -0.25) is 4.79 Å². The monoisotopic (exact) mass is 559 g/mol. The van der Waals surface area contributed by atoms with Crippen LogP contribution in [0.5, 0.6) is 11.5 Å². The van der Waals surface area contributed by atoms with Crippen LogP contribution in [0.15, 0.2) is 42.5 Å². The van der Waals surface area contributed by atoms with E-state index < -0.39 is 6.10 Å². The molecule has 3 atom stereocenters. The van der Waals surface area contributed by atoms with E-state index in [0.717, 1.165) is 25.0 Å². The zero-order chi connectivity index (χ0) is 29.5. The molecule has 0 fully saturated rings. The predicted molar refractivity (Wildman–Crippen MR) is 158 cm³/mol. The lowest BCUT2D eigenvalue weighted by atomic mass is 9.82. The topological polar surface area (TPSA) is 77.0 Å². The normalized spacial score (nSPS) is 13.8. The van der Waals surface area contributed by atoms with E-state index in [1.807, 2.05) is 19.9 Å². The summed E-state index contributed by atoms with van der Waals surface area (Å²) in [7, 11) is 3.32. The summed E-state index contributed by atoms with van der Waals surface area (Å²) >= 11 is 0. The third-order valence-corrected chi connectivity index (χ3v) is 7.61. The van der Waals surface area contributed by atoms with Crippen molar-refractivity contribution in [1.82, 2.24) is 5.32 Å². The minimum atomic E-state index is -0.568. The number of hydrogen-bond acceptors (Lipinski definition) is 5. The minimum absolute atomic E-state index is 0.0814. The molecule has 0 heterocycles. The van der Waals surface area contributed by atoms with Crippen molar-refractivity contribution in [2.24, 2.45) is 23.7 Å². The average molecular weight is 560 g/mol. The molecule has 0 aliphatic rings. The summed E-state index contributed by atoms with van der Waals surface area (Å²) in [5.41, 5.74) is 1.76. The summed E-state index contributed by atoms with van der Waals surface area (Å²) in [5, 5.41) is 13.9. The summed E-state index contributed by atoms with van der Waals surface area (Å²) in [5.74, 6) is 1.71. The van der Waals surface area contributed by atoms with Crippen LogP contribution in [0.25, 0.3) is 0 Å². The van der Waals surface area contributed by atoms with E-state index in [1.165, 1.54) is 11.6 Å². The maximum Gasteiger partial charge on any atom is 0.223 e. The molecule has 1 amide bonds. The van der Waals surface area contributed by atoms with E-state index in [1.54, 1.807) is 32.4 Å². The Morgan fingerprint density at radius 1 is 0.975 bits per heavy atom. The van der Waals surface area contributed by atoms with Crippen molar-refractivity contribution in [3.63, 3.8) is 0 Å². The number of ether oxygens (including phenoxy) is 3. The molecule has 0 saturated carbocycles. The molecule has 2 aromatic rings. The SMILES string of the molecule is COCCCOc1cc(CC(CC[C@@H](O)CC(C(=O)NCCc2ccccc2F)C(C)C)C(C)C)ccc1OC. The predicted octanol–water partition coefficient (Wildman–Crippen LogP) is 6.23. The quantitative estimate of drug-likeness (QED) is 0.200. The fourth-order valence-corrected chi connectivity index (χ4v) is 4.97. The largest absolute Gasteiger partial charge is 0.493 e. The molecule has 0 bridgehead atoms. The average Bonchev–Trinajstić information content (AvgIpc) is 2.92. The minimum Gasteiger partial charge on any atom is -0.493 e. The number of amides is 1. The Bertz CT molecular complexity index is 1010. The fraction of sp³-hybridized carbons (Fsp3) is 0.606. The molecule has 0 aliphatic carbocycles. The van der Waals surface area contributed by atoms with Crippen LogP contribution < -0.4 is 14.8 Å². The van der Waals surface area contributed by atoms with Gasteiger partial charge in [0.05, 0.1) is 19.8 Å². The molecule has 0 spiro atoms. The number of rotatable bonds is 19. The molecule has 0 aromatic heterocycles. The Balaban J connectivity index is 1.91. The van der Waals surface area contributed by atoms with E-state index in [0.29, 0.717) is 62.2 Å². The summed E-state index contributed by atoms with van der Waals surface area (Å²) < 4.78 is 30.4. The molecular formula is C33H50FNO5. The second kappa shape index (κ2) is 17.9. The number of hydrogen-bond donors (Lipinski definition) is 2. The van der Waals surface area contributed by atoms with Crippen molar-refractivity contribution in [3.8, 4) is 11.5 Å². The smallest absolute Gasteiger partial charge is 0.223 e. The first-order valence-electron chi connectivity index (χ1n) is 14.6. The maximum atomic E-state index is 13.9. The van der Waals surface area contributed by atoms with E-state index in [2.05, 4.69) is 31.3 Å². The van der Waals surface area contributed by atoms with Gasteiger partial charge in [0.15, 0.2) is 11.5 Å². The summed E-state index contributed by atoms with van der Waals surface area (Å²) in [6, 6.07) is 12.7. The summed E-state index contributed by atoms with van der Waals surface area (Å²) in [6.45, 7) is 10.0. The van der Waals surface area contributed by atoms with Gasteiger partial charge in [-0.25, -0.2) is 4.39 Å². The van der Waals surface area contributed by atoms with Gasteiger partial charge >= 0.3 is 0 Å². The van der Waals surface area contributed by atoms with Gasteiger partial charge in [-0.15, -0.1) is 0 Å². The highest BCUT2D eigenvalue weighted by molar-refractivity contribution is 5.78. The molecule has 0 radical (unpaired) electrons. The summed E-state index contributed by atoms with van der Waals surface area (Å²) in [6.07, 6.45) is 3.44. The van der Waals surface area contributed by atoms with E-state index in [9.17, 15) is 14.3 Å². The zero-order valence-corrected chi connectivity index (χ0v) is 25.3. The van der Waals surface area contributed by atoms with Crippen LogP contribution in [-0.4, -0.2) is 51.1 Å². The van der Waals surface area contributed by atoms with E-state index in [4.69, 9.17) is 14.2 Å². The highest BCUT2D eigenvalue weighted by Gasteiger charge is 2.26. The highest BCUT2D eigenvalue weighted by Crippen LogP contribution is 2.32. The molecular weight excluding hydrogens is 509 g/mol. The third-order valence-electron chi connectivity index (χ3n) is 7.61. The first kappa shape index (κ1) is 33.6. The first-order chi connectivity index (χ1) is 19.2. The van der Waals surface area contributed by atoms with Crippen molar-refractivity contribution in [2.45, 2.75) is 72.3 Å². The third kappa shape index (κ3) is 11.5. The van der Waals surface area contributed by atoms with Crippen molar-refractivity contribution in [3.05, 3.63) is 59.4 Å². The Labute approximate surface area is 240 Å². The second-order valence-electron chi connectivity index (χ2n) is 11.3. The zero-order valence-electron chi connectivity index (χ0n) is 25.3. The Hall–Kier alpha value is -2.64. The molecule has 0 saturated heterocycles. The fourth-order valence-electron chi connectivity index (χ4n) is 4.97. The number of aliphatic hydroxyl groups excluding tert-OH is 1. The molecule has 224 valence electrons. The molecule has 0 aliphatic heterocycles. The lowest BCUT2D eigenvalue weighted by molar-refractivity contribution is -0.127. The highest BCUT2D eigenvalue weighted by atomic mass is 19.1. The van der Waals surface area contributed by atoms with Crippen LogP contribution >= 0.6 is 0 Å². The number of aliphatic hydroxyl groups is 1. The number of carbonyl (C=O) groups excluding carboxylic acids is 1. The Morgan fingerprint density at radius 2 is 1.73 bits per heavy atom. The van der Waals surface area contributed by atoms with Gasteiger partial charge in [-0.1, -0.05) is 52.0 Å². The van der Waals surface area contributed by atoms with Crippen molar-refractivity contribution < 1.29 is 28.5 Å². The van der Waals surface area contributed by atoms with Crippen LogP contribution in [0.2, 0.25) is 0 Å². The molecule has 2 rings (SSSR count).